The second-order valence-corrected chi connectivity index (χ2v) is 15.1. The zero-order chi connectivity index (χ0) is 42.0. The fourth-order valence-electron chi connectivity index (χ4n) is 8.00. The van der Waals surface area contributed by atoms with Crippen LogP contribution in [0.3, 0.4) is 0 Å². The lowest BCUT2D eigenvalue weighted by molar-refractivity contribution is -0.244. The van der Waals surface area contributed by atoms with Gasteiger partial charge in [0.25, 0.3) is 0 Å². The van der Waals surface area contributed by atoms with E-state index in [1.165, 1.54) is 12.1 Å². The first kappa shape index (κ1) is 42.3. The van der Waals surface area contributed by atoms with Crippen molar-refractivity contribution in [1.82, 2.24) is 10.6 Å². The molecule has 1 spiro atoms. The minimum Gasteiger partial charge on any atom is -0.462 e. The molecule has 0 saturated carbocycles. The molecule has 2 saturated heterocycles. The zero-order valence-electron chi connectivity index (χ0n) is 32.6. The number of fused-ring (bicyclic) bond motifs is 6. The van der Waals surface area contributed by atoms with Crippen molar-refractivity contribution in [2.75, 3.05) is 13.2 Å². The van der Waals surface area contributed by atoms with Gasteiger partial charge < -0.3 is 69.7 Å². The maximum absolute atomic E-state index is 13.5. The Morgan fingerprint density at radius 3 is 1.71 bits per heavy atom. The molecule has 4 aliphatic heterocycles. The fraction of sp³-hybridized carbons (Fsp3) is 0.500. The van der Waals surface area contributed by atoms with Gasteiger partial charge in [0, 0.05) is 41.7 Å². The predicted octanol–water partition coefficient (Wildman–Crippen LogP) is 1.24. The number of ether oxygens (including phenoxy) is 6. The minimum absolute atomic E-state index is 0.128. The van der Waals surface area contributed by atoms with E-state index in [0.29, 0.717) is 35.1 Å². The summed E-state index contributed by atoms with van der Waals surface area (Å²) in [5.74, 6) is -0.776. The molecule has 0 aliphatic carbocycles. The van der Waals surface area contributed by atoms with Crippen molar-refractivity contribution >= 4 is 17.8 Å². The fourth-order valence-corrected chi connectivity index (χ4v) is 8.00. The van der Waals surface area contributed by atoms with E-state index in [4.69, 9.17) is 28.4 Å². The lowest BCUT2D eigenvalue weighted by atomic mass is 9.77. The first-order valence-corrected chi connectivity index (χ1v) is 19.9. The molecule has 8 N–H and O–H groups in total. The van der Waals surface area contributed by atoms with Crippen LogP contribution in [0.1, 0.15) is 79.4 Å². The van der Waals surface area contributed by atoms with E-state index in [9.17, 15) is 45.0 Å². The van der Waals surface area contributed by atoms with Crippen molar-refractivity contribution in [1.29, 1.82) is 0 Å². The molecule has 7 rings (SSSR count). The Hall–Kier alpha value is -4.85. The highest BCUT2D eigenvalue weighted by molar-refractivity contribution is 5.97. The van der Waals surface area contributed by atoms with E-state index in [0.717, 1.165) is 12.8 Å². The minimum atomic E-state index is -1.55. The lowest BCUT2D eigenvalue weighted by Gasteiger charge is -2.42. The van der Waals surface area contributed by atoms with E-state index in [2.05, 4.69) is 10.6 Å². The number of nitrogens with one attached hydrogen (secondary N) is 2. The number of benzene rings is 3. The van der Waals surface area contributed by atoms with E-state index >= 15 is 0 Å². The first-order valence-electron chi connectivity index (χ1n) is 19.9. The van der Waals surface area contributed by atoms with Crippen molar-refractivity contribution in [2.24, 2.45) is 0 Å². The van der Waals surface area contributed by atoms with Crippen LogP contribution in [-0.2, 0) is 29.4 Å². The predicted molar refractivity (Wildman–Crippen MR) is 204 cm³/mol. The summed E-state index contributed by atoms with van der Waals surface area (Å²) in [5, 5.41) is 68.5. The van der Waals surface area contributed by atoms with Gasteiger partial charge in [-0.1, -0.05) is 44.9 Å². The van der Waals surface area contributed by atoms with Crippen molar-refractivity contribution in [2.45, 2.75) is 119 Å². The number of esters is 1. The molecule has 7 unspecified atom stereocenters. The summed E-state index contributed by atoms with van der Waals surface area (Å²) in [6.07, 6.45) is -8.19. The average Bonchev–Trinajstić information content (AvgIpc) is 3.52. The molecule has 59 heavy (non-hydrogen) atoms. The van der Waals surface area contributed by atoms with Gasteiger partial charge in [0.15, 0.2) is 5.60 Å². The topological polar surface area (TPSA) is 252 Å². The number of carbonyl (C=O) groups excluding carboxylic acids is 3. The quantitative estimate of drug-likeness (QED) is 0.0842. The molecule has 4 heterocycles. The van der Waals surface area contributed by atoms with E-state index in [1.807, 2.05) is 13.8 Å². The van der Waals surface area contributed by atoms with Gasteiger partial charge in [0.1, 0.15) is 71.7 Å². The molecule has 0 aromatic heterocycles. The summed E-state index contributed by atoms with van der Waals surface area (Å²) in [5.41, 5.74) is 0.184. The Bertz CT molecular complexity index is 2010. The first-order chi connectivity index (χ1) is 28.4. The third kappa shape index (κ3) is 8.08. The Balaban J connectivity index is 1.24. The smallest absolute Gasteiger partial charge is 0.340 e. The van der Waals surface area contributed by atoms with Gasteiger partial charge in [-0.3, -0.25) is 9.59 Å². The van der Waals surface area contributed by atoms with Crippen molar-refractivity contribution < 1.29 is 73.4 Å². The Kier molecular flexibility index (Phi) is 12.7. The second-order valence-electron chi connectivity index (χ2n) is 15.1. The summed E-state index contributed by atoms with van der Waals surface area (Å²) >= 11 is 0. The zero-order valence-corrected chi connectivity index (χ0v) is 32.6. The van der Waals surface area contributed by atoms with Crippen LogP contribution in [0.25, 0.3) is 0 Å². The molecule has 3 aromatic rings. The number of amides is 2. The molecule has 17 nitrogen and oxygen atoms in total. The Morgan fingerprint density at radius 1 is 0.678 bits per heavy atom. The number of unbranched alkanes of at least 4 members (excludes halogenated alkanes) is 2. The maximum atomic E-state index is 13.5. The van der Waals surface area contributed by atoms with E-state index in [-0.39, 0.29) is 41.7 Å². The Labute approximate surface area is 339 Å². The molecule has 4 aliphatic rings. The number of aliphatic hydroxyl groups is 6. The number of carbonyl (C=O) groups is 3. The summed E-state index contributed by atoms with van der Waals surface area (Å²) in [6, 6.07) is 13.9. The highest BCUT2D eigenvalue weighted by atomic mass is 16.7. The van der Waals surface area contributed by atoms with E-state index < -0.39 is 92.0 Å². The van der Waals surface area contributed by atoms with Gasteiger partial charge in [-0.2, -0.15) is 0 Å². The van der Waals surface area contributed by atoms with Gasteiger partial charge >= 0.3 is 5.97 Å². The molecule has 0 radical (unpaired) electrons. The molecule has 11 atom stereocenters. The van der Waals surface area contributed by atoms with Gasteiger partial charge in [-0.15, -0.1) is 0 Å². The molecular weight excluding hydrogens is 772 g/mol. The standard InChI is InChI=1S/C42H50N2O15/c1-3-5-6-12-32(48)44-34-38(52)36(50)30(20-46)58-41(34)55-22-14-16-26-28(18-22)56-27-17-21(13-15-25(27)42(26)24-11-8-7-10-23(24)39(53)59-42)54-40-33(43-31(47)9-4-2)37(51)35(49)29(19-45)57-40/h7-8,10-11,13-18,29-30,33-38,40-41,45-46,49-52H,3-6,9,12,19-20H2,1-2H3,(H,43,47)(H,44,48)/t29-,30?,33?,34+,35?,36?,37?,38?,40-,41-,42?/m1/s1. The number of hydrogen-bond donors (Lipinski definition) is 8. The average molecular weight is 823 g/mol. The van der Waals surface area contributed by atoms with Crippen molar-refractivity contribution in [3.8, 4) is 23.0 Å². The molecule has 3 aromatic carbocycles. The summed E-state index contributed by atoms with van der Waals surface area (Å²) in [7, 11) is 0. The van der Waals surface area contributed by atoms with Gasteiger partial charge in [0.05, 0.1) is 18.8 Å². The third-order valence-electron chi connectivity index (χ3n) is 11.1. The molecule has 0 bridgehead atoms. The number of aliphatic hydroxyl groups excluding tert-OH is 6. The van der Waals surface area contributed by atoms with Crippen LogP contribution in [0, 0.1) is 0 Å². The SMILES string of the molecule is CCCCCC(=O)N[C@H]1C(O)C(O)C(CO)O[C@H]1Oc1ccc2c(c1)Oc1cc(O[C@@H]3O[C@H](CO)C(O)C(O)C3NC(=O)CCC)ccc1C21OC(=O)c2ccccc21. The molecule has 2 fully saturated rings. The number of rotatable bonds is 14. The monoisotopic (exact) mass is 822 g/mol. The van der Waals surface area contributed by atoms with Crippen LogP contribution in [0.15, 0.2) is 60.7 Å². The number of hydrogen-bond acceptors (Lipinski definition) is 15. The van der Waals surface area contributed by atoms with Crippen LogP contribution >= 0.6 is 0 Å². The Morgan fingerprint density at radius 2 is 1.20 bits per heavy atom. The van der Waals surface area contributed by atoms with Crippen LogP contribution in [-0.4, -0.2) is 123 Å². The van der Waals surface area contributed by atoms with Gasteiger partial charge in [-0.05, 0) is 43.2 Å². The van der Waals surface area contributed by atoms with E-state index in [1.54, 1.807) is 48.5 Å². The largest absolute Gasteiger partial charge is 0.462 e. The second kappa shape index (κ2) is 17.8. The molecule has 2 amide bonds. The normalized spacial score (nSPS) is 30.6. The lowest BCUT2D eigenvalue weighted by Crippen LogP contribution is -2.65. The molecule has 318 valence electrons. The van der Waals surface area contributed by atoms with Gasteiger partial charge in [0.2, 0.25) is 24.4 Å². The maximum Gasteiger partial charge on any atom is 0.340 e. The van der Waals surface area contributed by atoms with Gasteiger partial charge in [-0.25, -0.2) is 4.79 Å². The van der Waals surface area contributed by atoms with Crippen LogP contribution in [0.2, 0.25) is 0 Å². The highest BCUT2D eigenvalue weighted by Crippen LogP contribution is 2.57. The summed E-state index contributed by atoms with van der Waals surface area (Å²) in [4.78, 5) is 39.0. The van der Waals surface area contributed by atoms with Crippen molar-refractivity contribution in [3.05, 3.63) is 82.9 Å². The third-order valence-corrected chi connectivity index (χ3v) is 11.1. The summed E-state index contributed by atoms with van der Waals surface area (Å²) in [6.45, 7) is 2.52. The van der Waals surface area contributed by atoms with Crippen LogP contribution < -0.4 is 24.8 Å². The summed E-state index contributed by atoms with van der Waals surface area (Å²) < 4.78 is 36.8. The molecule has 17 heteroatoms. The van der Waals surface area contributed by atoms with Crippen LogP contribution in [0.5, 0.6) is 23.0 Å². The molecular formula is C42H50N2O15. The van der Waals surface area contributed by atoms with Crippen molar-refractivity contribution in [3.63, 3.8) is 0 Å². The van der Waals surface area contributed by atoms with Crippen LogP contribution in [0.4, 0.5) is 0 Å². The highest BCUT2D eigenvalue weighted by Gasteiger charge is 2.54.